The molecule has 0 unspecified atom stereocenters. The summed E-state index contributed by atoms with van der Waals surface area (Å²) in [7, 11) is 0. The second-order valence-corrected chi connectivity index (χ2v) is 8.25. The zero-order valence-corrected chi connectivity index (χ0v) is 19.2. The highest BCUT2D eigenvalue weighted by atomic mass is 16.2. The topological polar surface area (TPSA) is 112 Å². The monoisotopic (exact) mass is 482 g/mol. The van der Waals surface area contributed by atoms with Gasteiger partial charge in [0.25, 0.3) is 5.56 Å². The summed E-state index contributed by atoms with van der Waals surface area (Å²) in [5.41, 5.74) is 1.27. The van der Waals surface area contributed by atoms with Crippen LogP contribution in [-0.4, -0.2) is 29.2 Å². The number of fused-ring (bicyclic) bond motifs is 1. The second kappa shape index (κ2) is 9.71. The number of hydrogen-bond donors (Lipinski definition) is 1. The van der Waals surface area contributed by atoms with Crippen molar-refractivity contribution in [1.29, 1.82) is 0 Å². The van der Waals surface area contributed by atoms with Crippen LogP contribution >= 0.6 is 0 Å². The standard InChI is InChI=1S/C26H22N6O4/c33-23(18-31-24(34)12-14-29(25(31)35)16-19-7-2-1-3-8-19)27-21-10-6-9-20(15-21)17-32-26(36)30-13-5-4-11-22(30)28-32/h1-15H,16-18H2,(H,27,33). The summed E-state index contributed by atoms with van der Waals surface area (Å²) in [6.07, 6.45) is 3.08. The average molecular weight is 483 g/mol. The predicted molar refractivity (Wildman–Crippen MR) is 134 cm³/mol. The number of aromatic nitrogens is 5. The van der Waals surface area contributed by atoms with Crippen molar-refractivity contribution in [3.63, 3.8) is 0 Å². The number of anilines is 1. The lowest BCUT2D eigenvalue weighted by molar-refractivity contribution is -0.116. The van der Waals surface area contributed by atoms with Gasteiger partial charge < -0.3 is 5.32 Å². The molecule has 0 spiro atoms. The van der Waals surface area contributed by atoms with E-state index >= 15 is 0 Å². The summed E-state index contributed by atoms with van der Waals surface area (Å²) in [6, 6.07) is 22.9. The van der Waals surface area contributed by atoms with Gasteiger partial charge >= 0.3 is 11.4 Å². The van der Waals surface area contributed by atoms with Gasteiger partial charge in [-0.2, -0.15) is 0 Å². The van der Waals surface area contributed by atoms with Crippen LogP contribution in [0.3, 0.4) is 0 Å². The number of benzene rings is 2. The molecule has 5 rings (SSSR count). The summed E-state index contributed by atoms with van der Waals surface area (Å²) < 4.78 is 5.08. The van der Waals surface area contributed by atoms with E-state index in [2.05, 4.69) is 10.4 Å². The molecule has 0 saturated carbocycles. The highest BCUT2D eigenvalue weighted by Gasteiger charge is 2.12. The number of nitrogens with zero attached hydrogens (tertiary/aromatic N) is 5. The Morgan fingerprint density at radius 1 is 0.778 bits per heavy atom. The van der Waals surface area contributed by atoms with Crippen LogP contribution in [0.15, 0.2) is 106 Å². The number of hydrogen-bond acceptors (Lipinski definition) is 5. The highest BCUT2D eigenvalue weighted by Crippen LogP contribution is 2.12. The molecular weight excluding hydrogens is 460 g/mol. The van der Waals surface area contributed by atoms with Gasteiger partial charge in [-0.1, -0.05) is 48.5 Å². The van der Waals surface area contributed by atoms with E-state index in [1.165, 1.54) is 25.9 Å². The molecule has 0 fully saturated rings. The van der Waals surface area contributed by atoms with Crippen LogP contribution < -0.4 is 22.3 Å². The number of carbonyl (C=O) groups is 1. The third-order valence-corrected chi connectivity index (χ3v) is 5.67. The quantitative estimate of drug-likeness (QED) is 0.378. The molecule has 5 aromatic rings. The van der Waals surface area contributed by atoms with Crippen LogP contribution in [0.25, 0.3) is 5.65 Å². The van der Waals surface area contributed by atoms with Crippen molar-refractivity contribution in [2.24, 2.45) is 0 Å². The molecule has 3 heterocycles. The number of rotatable bonds is 7. The third-order valence-electron chi connectivity index (χ3n) is 5.67. The zero-order chi connectivity index (χ0) is 25.1. The van der Waals surface area contributed by atoms with Gasteiger partial charge in [-0.25, -0.2) is 14.3 Å². The lowest BCUT2D eigenvalue weighted by Crippen LogP contribution is -2.41. The maximum absolute atomic E-state index is 12.8. The van der Waals surface area contributed by atoms with Gasteiger partial charge in [0.2, 0.25) is 5.91 Å². The van der Waals surface area contributed by atoms with E-state index in [-0.39, 0.29) is 18.8 Å². The molecule has 36 heavy (non-hydrogen) atoms. The van der Waals surface area contributed by atoms with Crippen LogP contribution in [-0.2, 0) is 24.4 Å². The fourth-order valence-electron chi connectivity index (χ4n) is 3.94. The first kappa shape index (κ1) is 22.8. The minimum absolute atomic E-state index is 0.215. The molecule has 0 bridgehead atoms. The Morgan fingerprint density at radius 2 is 1.56 bits per heavy atom. The molecular formula is C26H22N6O4. The highest BCUT2D eigenvalue weighted by molar-refractivity contribution is 5.90. The average Bonchev–Trinajstić information content (AvgIpc) is 3.19. The SMILES string of the molecule is O=C(Cn1c(=O)ccn(Cc2ccccc2)c1=O)Nc1cccc(Cn2nc3ccccn3c2=O)c1. The fraction of sp³-hybridized carbons (Fsp3) is 0.115. The van der Waals surface area contributed by atoms with Gasteiger partial charge in [-0.05, 0) is 35.4 Å². The molecule has 180 valence electrons. The Morgan fingerprint density at radius 3 is 2.36 bits per heavy atom. The summed E-state index contributed by atoms with van der Waals surface area (Å²) in [6.45, 7) is 0.0715. The number of nitrogens with one attached hydrogen (secondary N) is 1. The molecule has 0 radical (unpaired) electrons. The minimum Gasteiger partial charge on any atom is -0.325 e. The zero-order valence-electron chi connectivity index (χ0n) is 19.2. The lowest BCUT2D eigenvalue weighted by atomic mass is 10.2. The lowest BCUT2D eigenvalue weighted by Gasteiger charge is -2.11. The van der Waals surface area contributed by atoms with Crippen LogP contribution in [0.1, 0.15) is 11.1 Å². The van der Waals surface area contributed by atoms with Crippen molar-refractivity contribution in [3.8, 4) is 0 Å². The third kappa shape index (κ3) is 4.78. The van der Waals surface area contributed by atoms with Gasteiger partial charge in [-0.15, -0.1) is 5.10 Å². The predicted octanol–water partition coefficient (Wildman–Crippen LogP) is 1.55. The van der Waals surface area contributed by atoms with E-state index in [4.69, 9.17) is 0 Å². The summed E-state index contributed by atoms with van der Waals surface area (Å²) in [5.74, 6) is -0.520. The van der Waals surface area contributed by atoms with E-state index in [1.54, 1.807) is 42.6 Å². The molecule has 2 aromatic carbocycles. The van der Waals surface area contributed by atoms with Crippen LogP contribution in [0.2, 0.25) is 0 Å². The van der Waals surface area contributed by atoms with Gasteiger partial charge in [0.1, 0.15) is 6.54 Å². The molecule has 0 aliphatic rings. The van der Waals surface area contributed by atoms with Crippen molar-refractivity contribution in [2.75, 3.05) is 5.32 Å². The first-order valence-electron chi connectivity index (χ1n) is 11.3. The number of amides is 1. The normalized spacial score (nSPS) is 11.0. The van der Waals surface area contributed by atoms with Gasteiger partial charge in [0, 0.05) is 24.1 Å². The number of carbonyl (C=O) groups excluding carboxylic acids is 1. The van der Waals surface area contributed by atoms with E-state index in [1.807, 2.05) is 36.4 Å². The van der Waals surface area contributed by atoms with E-state index in [0.29, 0.717) is 11.3 Å². The molecule has 1 N–H and O–H groups in total. The molecule has 1 amide bonds. The maximum Gasteiger partial charge on any atom is 0.350 e. The molecule has 3 aromatic heterocycles. The molecule has 0 aliphatic heterocycles. The van der Waals surface area contributed by atoms with E-state index in [9.17, 15) is 19.2 Å². The molecule has 0 atom stereocenters. The summed E-state index contributed by atoms with van der Waals surface area (Å²) in [5, 5.41) is 7.04. The Bertz CT molecular complexity index is 1730. The first-order valence-corrected chi connectivity index (χ1v) is 11.3. The van der Waals surface area contributed by atoms with Crippen LogP contribution in [0.4, 0.5) is 5.69 Å². The fourth-order valence-corrected chi connectivity index (χ4v) is 3.94. The maximum atomic E-state index is 12.8. The van der Waals surface area contributed by atoms with Crippen molar-refractivity contribution in [2.45, 2.75) is 19.6 Å². The number of pyridine rings is 1. The van der Waals surface area contributed by atoms with Gasteiger partial charge in [0.05, 0.1) is 13.1 Å². The first-order chi connectivity index (χ1) is 17.5. The van der Waals surface area contributed by atoms with Gasteiger partial charge in [0.15, 0.2) is 5.65 Å². The second-order valence-electron chi connectivity index (χ2n) is 8.25. The van der Waals surface area contributed by atoms with Crippen molar-refractivity contribution in [1.82, 2.24) is 23.3 Å². The molecule has 0 aliphatic carbocycles. The van der Waals surface area contributed by atoms with E-state index < -0.39 is 23.7 Å². The smallest absolute Gasteiger partial charge is 0.325 e. The van der Waals surface area contributed by atoms with Crippen molar-refractivity contribution >= 4 is 17.2 Å². The molecule has 0 saturated heterocycles. The Hall–Kier alpha value is -4.99. The Balaban J connectivity index is 1.31. The van der Waals surface area contributed by atoms with Crippen LogP contribution in [0, 0.1) is 0 Å². The summed E-state index contributed by atoms with van der Waals surface area (Å²) >= 11 is 0. The summed E-state index contributed by atoms with van der Waals surface area (Å²) in [4.78, 5) is 50.4. The Kier molecular flexibility index (Phi) is 6.14. The van der Waals surface area contributed by atoms with Crippen molar-refractivity contribution in [3.05, 3.63) is 134 Å². The van der Waals surface area contributed by atoms with Crippen LogP contribution in [0.5, 0.6) is 0 Å². The molecule has 10 nitrogen and oxygen atoms in total. The van der Waals surface area contributed by atoms with E-state index in [0.717, 1.165) is 15.7 Å². The van der Waals surface area contributed by atoms with Gasteiger partial charge in [-0.3, -0.25) is 23.1 Å². The minimum atomic E-state index is -0.568. The van der Waals surface area contributed by atoms with Crippen molar-refractivity contribution < 1.29 is 4.79 Å². The largest absolute Gasteiger partial charge is 0.350 e. The molecule has 10 heteroatoms. The Labute approximate surface area is 204 Å².